The maximum absolute atomic E-state index is 3.25. The molecule has 0 N–H and O–H groups in total. The fourth-order valence-corrected chi connectivity index (χ4v) is 3.31. The van der Waals surface area contributed by atoms with E-state index in [2.05, 4.69) is 43.9 Å². The minimum atomic E-state index is 0.764. The Morgan fingerprint density at radius 1 is 1.26 bits per heavy atom. The van der Waals surface area contributed by atoms with Gasteiger partial charge >= 0.3 is 0 Å². The Morgan fingerprint density at radius 2 is 2.00 bits per heavy atom. The van der Waals surface area contributed by atoms with E-state index >= 15 is 0 Å². The van der Waals surface area contributed by atoms with E-state index in [1.54, 1.807) is 5.57 Å². The van der Waals surface area contributed by atoms with Crippen LogP contribution < -0.4 is 0 Å². The summed E-state index contributed by atoms with van der Waals surface area (Å²) in [4.78, 5) is 0. The largest absolute Gasteiger partial charge is 0.121 e. The zero-order chi connectivity index (χ0) is 13.5. The summed E-state index contributed by atoms with van der Waals surface area (Å²) in [5.74, 6) is 0.764. The quantitative estimate of drug-likeness (QED) is 0.435. The fourth-order valence-electron chi connectivity index (χ4n) is 3.31. The van der Waals surface area contributed by atoms with E-state index in [0.29, 0.717) is 0 Å². The van der Waals surface area contributed by atoms with Gasteiger partial charge < -0.3 is 0 Å². The Balaban J connectivity index is 2.30. The molecule has 1 saturated carbocycles. The molecule has 102 valence electrons. The SMILES string of the molecule is C/C=C(\C1=C(CC)C=C=CC=C1)C1CCCCCC1. The van der Waals surface area contributed by atoms with Crippen molar-refractivity contribution in [3.8, 4) is 0 Å². The van der Waals surface area contributed by atoms with Crippen molar-refractivity contribution in [1.29, 1.82) is 0 Å². The van der Waals surface area contributed by atoms with E-state index in [4.69, 9.17) is 0 Å². The van der Waals surface area contributed by atoms with E-state index in [9.17, 15) is 0 Å². The summed E-state index contributed by atoms with van der Waals surface area (Å²) in [7, 11) is 0. The molecule has 2 rings (SSSR count). The van der Waals surface area contributed by atoms with Crippen molar-refractivity contribution >= 4 is 0 Å². The van der Waals surface area contributed by atoms with Crippen LogP contribution in [0.2, 0.25) is 0 Å². The van der Waals surface area contributed by atoms with Crippen LogP contribution in [0.5, 0.6) is 0 Å². The molecule has 0 unspecified atom stereocenters. The minimum absolute atomic E-state index is 0.764. The molecular weight excluding hydrogens is 228 g/mol. The van der Waals surface area contributed by atoms with Gasteiger partial charge in [-0.15, -0.1) is 5.73 Å². The first-order valence-electron chi connectivity index (χ1n) is 7.85. The molecule has 0 radical (unpaired) electrons. The number of hydrogen-bond donors (Lipinski definition) is 0. The van der Waals surface area contributed by atoms with Gasteiger partial charge in [-0.1, -0.05) is 50.8 Å². The van der Waals surface area contributed by atoms with Gasteiger partial charge in [0.15, 0.2) is 0 Å². The highest BCUT2D eigenvalue weighted by Gasteiger charge is 2.19. The van der Waals surface area contributed by atoms with Crippen LogP contribution in [0.15, 0.2) is 52.8 Å². The van der Waals surface area contributed by atoms with Crippen molar-refractivity contribution in [3.63, 3.8) is 0 Å². The summed E-state index contributed by atoms with van der Waals surface area (Å²) in [5, 5.41) is 0. The molecule has 2 aliphatic carbocycles. The van der Waals surface area contributed by atoms with E-state index in [-0.39, 0.29) is 0 Å². The summed E-state index contributed by atoms with van der Waals surface area (Å²) in [6, 6.07) is 0. The Morgan fingerprint density at radius 3 is 2.63 bits per heavy atom. The molecule has 0 amide bonds. The lowest BCUT2D eigenvalue weighted by molar-refractivity contribution is 0.535. The summed E-state index contributed by atoms with van der Waals surface area (Å²) >= 11 is 0. The number of hydrogen-bond acceptors (Lipinski definition) is 0. The van der Waals surface area contributed by atoms with Gasteiger partial charge in [0, 0.05) is 0 Å². The molecule has 0 aromatic carbocycles. The van der Waals surface area contributed by atoms with Gasteiger partial charge in [-0.25, -0.2) is 0 Å². The van der Waals surface area contributed by atoms with Gasteiger partial charge in [-0.05, 0) is 61.0 Å². The zero-order valence-electron chi connectivity index (χ0n) is 12.4. The standard InChI is InChI=1S/C19H26/c1-3-16-12-10-7-11-15-19(16)18(4-2)17-13-8-5-6-9-14-17/h4,7,11-12,15,17H,3,5-6,8-9,13-14H2,1-2H3/b18-4-. The van der Waals surface area contributed by atoms with Crippen LogP contribution in [0.1, 0.15) is 58.8 Å². The topological polar surface area (TPSA) is 0 Å². The highest BCUT2D eigenvalue weighted by atomic mass is 14.2. The van der Waals surface area contributed by atoms with Gasteiger partial charge in [-0.2, -0.15) is 0 Å². The second-order valence-corrected chi connectivity index (χ2v) is 5.56. The van der Waals surface area contributed by atoms with Crippen molar-refractivity contribution in [1.82, 2.24) is 0 Å². The van der Waals surface area contributed by atoms with Crippen molar-refractivity contribution in [2.24, 2.45) is 5.92 Å². The average molecular weight is 254 g/mol. The van der Waals surface area contributed by atoms with E-state index < -0.39 is 0 Å². The molecule has 1 fully saturated rings. The lowest BCUT2D eigenvalue weighted by atomic mass is 9.84. The number of rotatable bonds is 3. The summed E-state index contributed by atoms with van der Waals surface area (Å²) in [6.45, 7) is 4.45. The first kappa shape index (κ1) is 14.2. The van der Waals surface area contributed by atoms with Crippen LogP contribution in [-0.4, -0.2) is 0 Å². The third kappa shape index (κ3) is 3.61. The molecule has 0 atom stereocenters. The highest BCUT2D eigenvalue weighted by Crippen LogP contribution is 2.35. The molecule has 0 aromatic rings. The molecule has 0 spiro atoms. The molecule has 0 aliphatic heterocycles. The lowest BCUT2D eigenvalue weighted by Gasteiger charge is -2.21. The minimum Gasteiger partial charge on any atom is -0.121 e. The van der Waals surface area contributed by atoms with Crippen LogP contribution in [-0.2, 0) is 0 Å². The normalized spacial score (nSPS) is 21.7. The Bertz CT molecular complexity index is 442. The molecule has 0 heteroatoms. The molecule has 0 aromatic heterocycles. The highest BCUT2D eigenvalue weighted by molar-refractivity contribution is 5.50. The fraction of sp³-hybridized carbons (Fsp3) is 0.526. The second kappa shape index (κ2) is 7.36. The van der Waals surface area contributed by atoms with E-state index in [1.807, 2.05) is 6.08 Å². The first-order valence-corrected chi connectivity index (χ1v) is 7.85. The second-order valence-electron chi connectivity index (χ2n) is 5.56. The lowest BCUT2D eigenvalue weighted by Crippen LogP contribution is -2.06. The van der Waals surface area contributed by atoms with Crippen LogP contribution in [0.3, 0.4) is 0 Å². The monoisotopic (exact) mass is 254 g/mol. The van der Waals surface area contributed by atoms with Gasteiger partial charge in [0.2, 0.25) is 0 Å². The molecular formula is C19H26. The molecule has 2 aliphatic rings. The summed E-state index contributed by atoms with van der Waals surface area (Å²) in [5.41, 5.74) is 7.71. The average Bonchev–Trinajstić information content (AvgIpc) is 2.82. The molecule has 0 heterocycles. The number of allylic oxidation sites excluding steroid dienone is 7. The van der Waals surface area contributed by atoms with Crippen LogP contribution in [0.25, 0.3) is 0 Å². The summed E-state index contributed by atoms with van der Waals surface area (Å²) < 4.78 is 0. The van der Waals surface area contributed by atoms with E-state index in [0.717, 1.165) is 12.3 Å². The molecule has 0 saturated heterocycles. The molecule has 0 nitrogen and oxygen atoms in total. The zero-order valence-corrected chi connectivity index (χ0v) is 12.4. The maximum atomic E-state index is 3.25. The first-order chi connectivity index (χ1) is 9.36. The Labute approximate surface area is 118 Å². The van der Waals surface area contributed by atoms with Crippen LogP contribution >= 0.6 is 0 Å². The van der Waals surface area contributed by atoms with Crippen LogP contribution in [0.4, 0.5) is 0 Å². The predicted molar refractivity (Wildman–Crippen MR) is 84.1 cm³/mol. The van der Waals surface area contributed by atoms with Gasteiger partial charge in [-0.3, -0.25) is 0 Å². The Hall–Kier alpha value is -1.26. The van der Waals surface area contributed by atoms with Gasteiger partial charge in [0.25, 0.3) is 0 Å². The van der Waals surface area contributed by atoms with Crippen molar-refractivity contribution < 1.29 is 0 Å². The van der Waals surface area contributed by atoms with E-state index in [1.165, 1.54) is 49.7 Å². The molecule has 19 heavy (non-hydrogen) atoms. The third-order valence-corrected chi connectivity index (χ3v) is 4.36. The van der Waals surface area contributed by atoms with Crippen molar-refractivity contribution in [2.75, 3.05) is 0 Å². The predicted octanol–water partition coefficient (Wildman–Crippen LogP) is 5.89. The smallest absolute Gasteiger partial charge is 0.0159 e. The molecule has 0 bridgehead atoms. The maximum Gasteiger partial charge on any atom is -0.0159 e. The van der Waals surface area contributed by atoms with Crippen LogP contribution in [0, 0.1) is 5.92 Å². The van der Waals surface area contributed by atoms with Crippen molar-refractivity contribution in [3.05, 3.63) is 52.8 Å². The van der Waals surface area contributed by atoms with Gasteiger partial charge in [0.05, 0.1) is 0 Å². The Kier molecular flexibility index (Phi) is 5.48. The third-order valence-electron chi connectivity index (χ3n) is 4.36. The van der Waals surface area contributed by atoms with Crippen molar-refractivity contribution in [2.45, 2.75) is 58.8 Å². The summed E-state index contributed by atoms with van der Waals surface area (Å²) in [6.07, 6.45) is 20.4. The van der Waals surface area contributed by atoms with Gasteiger partial charge in [0.1, 0.15) is 0 Å².